The molecule has 5 rings (SSSR count). The number of oxazole rings is 1. The second kappa shape index (κ2) is 9.89. The topological polar surface area (TPSA) is 61.6 Å². The first kappa shape index (κ1) is 21.9. The van der Waals surface area contributed by atoms with Crippen LogP contribution in [-0.4, -0.2) is 59.5 Å². The van der Waals surface area contributed by atoms with Crippen LogP contribution in [0.1, 0.15) is 30.7 Å². The Bertz CT molecular complexity index is 1070. The zero-order valence-corrected chi connectivity index (χ0v) is 19.3. The van der Waals surface area contributed by atoms with Gasteiger partial charge in [-0.25, -0.2) is 4.98 Å². The Morgan fingerprint density at radius 1 is 0.939 bits per heavy atom. The minimum atomic E-state index is 0.182. The van der Waals surface area contributed by atoms with Crippen LogP contribution < -0.4 is 5.32 Å². The fourth-order valence-electron chi connectivity index (χ4n) is 4.94. The second-order valence-corrected chi connectivity index (χ2v) is 9.11. The van der Waals surface area contributed by atoms with Crippen molar-refractivity contribution < 1.29 is 9.21 Å². The first-order chi connectivity index (χ1) is 16.2. The Hall–Kier alpha value is -2.96. The number of aryl methyl sites for hydroxylation is 1. The van der Waals surface area contributed by atoms with Crippen LogP contribution >= 0.6 is 0 Å². The summed E-state index contributed by atoms with van der Waals surface area (Å²) in [6.45, 7) is 7.55. The van der Waals surface area contributed by atoms with Gasteiger partial charge in [-0.3, -0.25) is 14.6 Å². The average molecular weight is 445 g/mol. The third-order valence-electron chi connectivity index (χ3n) is 6.93. The number of benzene rings is 2. The molecule has 33 heavy (non-hydrogen) atoms. The summed E-state index contributed by atoms with van der Waals surface area (Å²) >= 11 is 0. The van der Waals surface area contributed by atoms with E-state index in [-0.39, 0.29) is 5.91 Å². The fraction of sp³-hybridized carbons (Fsp3) is 0.407. The van der Waals surface area contributed by atoms with E-state index in [0.29, 0.717) is 18.4 Å². The molecule has 172 valence electrons. The summed E-state index contributed by atoms with van der Waals surface area (Å²) < 4.78 is 6.04. The molecule has 2 aliphatic rings. The predicted octanol–water partition coefficient (Wildman–Crippen LogP) is 4.10. The van der Waals surface area contributed by atoms with Crippen LogP contribution in [0.4, 0.5) is 0 Å². The van der Waals surface area contributed by atoms with Crippen LogP contribution in [0.2, 0.25) is 0 Å². The standard InChI is InChI=1S/C27H32N4O2/c1-20-25(19-30-15-11-24(12-16-30)31-17-13-26(32)28-14-18-31)29-27(33-20)23-9-7-22(8-10-23)21-5-3-2-4-6-21/h2-10,24H,11-19H2,1H3,(H,28,32). The molecule has 1 aromatic heterocycles. The van der Waals surface area contributed by atoms with Crippen LogP contribution in [0.15, 0.2) is 59.0 Å². The molecule has 2 saturated heterocycles. The highest BCUT2D eigenvalue weighted by molar-refractivity contribution is 5.76. The van der Waals surface area contributed by atoms with Crippen molar-refractivity contribution >= 4 is 5.91 Å². The van der Waals surface area contributed by atoms with E-state index in [4.69, 9.17) is 9.40 Å². The molecule has 1 amide bonds. The van der Waals surface area contributed by atoms with E-state index in [0.717, 1.165) is 69.1 Å². The minimum Gasteiger partial charge on any atom is -0.441 e. The normalized spacial score (nSPS) is 18.8. The zero-order chi connectivity index (χ0) is 22.6. The van der Waals surface area contributed by atoms with Gasteiger partial charge in [-0.2, -0.15) is 0 Å². The van der Waals surface area contributed by atoms with E-state index >= 15 is 0 Å². The number of likely N-dealkylation sites (tertiary alicyclic amines) is 1. The molecule has 2 aliphatic heterocycles. The van der Waals surface area contributed by atoms with Gasteiger partial charge in [0.15, 0.2) is 0 Å². The van der Waals surface area contributed by atoms with Gasteiger partial charge in [-0.1, -0.05) is 42.5 Å². The van der Waals surface area contributed by atoms with Crippen molar-refractivity contribution in [2.75, 3.05) is 32.7 Å². The summed E-state index contributed by atoms with van der Waals surface area (Å²) in [5.74, 6) is 1.78. The van der Waals surface area contributed by atoms with Gasteiger partial charge in [-0.15, -0.1) is 0 Å². The Morgan fingerprint density at radius 3 is 2.39 bits per heavy atom. The van der Waals surface area contributed by atoms with Gasteiger partial charge < -0.3 is 9.73 Å². The molecule has 0 saturated carbocycles. The molecule has 0 atom stereocenters. The summed E-state index contributed by atoms with van der Waals surface area (Å²) in [4.78, 5) is 21.4. The first-order valence-corrected chi connectivity index (χ1v) is 12.0. The molecular formula is C27H32N4O2. The number of piperidine rings is 1. The van der Waals surface area contributed by atoms with Gasteiger partial charge in [0.2, 0.25) is 11.8 Å². The molecule has 0 radical (unpaired) electrons. The number of aromatic nitrogens is 1. The monoisotopic (exact) mass is 444 g/mol. The van der Waals surface area contributed by atoms with Crippen molar-refractivity contribution in [3.05, 3.63) is 66.1 Å². The molecule has 3 aromatic rings. The summed E-state index contributed by atoms with van der Waals surface area (Å²) in [5.41, 5.74) is 4.43. The number of hydrogen-bond acceptors (Lipinski definition) is 5. The molecule has 0 unspecified atom stereocenters. The summed E-state index contributed by atoms with van der Waals surface area (Å²) in [7, 11) is 0. The number of rotatable bonds is 5. The third-order valence-corrected chi connectivity index (χ3v) is 6.93. The number of nitrogens with one attached hydrogen (secondary N) is 1. The van der Waals surface area contributed by atoms with E-state index < -0.39 is 0 Å². The summed E-state index contributed by atoms with van der Waals surface area (Å²) in [6, 6.07) is 19.4. The first-order valence-electron chi connectivity index (χ1n) is 12.0. The van der Waals surface area contributed by atoms with Crippen LogP contribution in [0.3, 0.4) is 0 Å². The van der Waals surface area contributed by atoms with Gasteiger partial charge in [0.25, 0.3) is 0 Å². The SMILES string of the molecule is Cc1oc(-c2ccc(-c3ccccc3)cc2)nc1CN1CCC(N2CCNC(=O)CC2)CC1. The Kier molecular flexibility index (Phi) is 6.55. The highest BCUT2D eigenvalue weighted by Crippen LogP contribution is 2.27. The second-order valence-electron chi connectivity index (χ2n) is 9.11. The smallest absolute Gasteiger partial charge is 0.226 e. The molecule has 2 aromatic carbocycles. The number of amides is 1. The van der Waals surface area contributed by atoms with Crippen LogP contribution in [-0.2, 0) is 11.3 Å². The molecule has 3 heterocycles. The highest BCUT2D eigenvalue weighted by Gasteiger charge is 2.27. The van der Waals surface area contributed by atoms with Crippen molar-refractivity contribution in [1.82, 2.24) is 20.1 Å². The maximum atomic E-state index is 11.6. The third kappa shape index (κ3) is 5.18. The molecule has 0 spiro atoms. The minimum absolute atomic E-state index is 0.182. The molecule has 1 N–H and O–H groups in total. The predicted molar refractivity (Wildman–Crippen MR) is 130 cm³/mol. The molecule has 6 nitrogen and oxygen atoms in total. The fourth-order valence-corrected chi connectivity index (χ4v) is 4.94. The van der Waals surface area contributed by atoms with Crippen LogP contribution in [0.25, 0.3) is 22.6 Å². The van der Waals surface area contributed by atoms with E-state index in [1.165, 1.54) is 11.1 Å². The van der Waals surface area contributed by atoms with Gasteiger partial charge >= 0.3 is 0 Å². The maximum Gasteiger partial charge on any atom is 0.226 e. The zero-order valence-electron chi connectivity index (χ0n) is 19.3. The molecule has 0 bridgehead atoms. The van der Waals surface area contributed by atoms with E-state index in [2.05, 4.69) is 63.6 Å². The Labute approximate surface area is 195 Å². The van der Waals surface area contributed by atoms with E-state index in [1.54, 1.807) is 0 Å². The van der Waals surface area contributed by atoms with E-state index in [9.17, 15) is 4.79 Å². The number of hydrogen-bond donors (Lipinski definition) is 1. The van der Waals surface area contributed by atoms with Crippen molar-refractivity contribution in [3.63, 3.8) is 0 Å². The largest absolute Gasteiger partial charge is 0.441 e. The number of nitrogens with zero attached hydrogens (tertiary/aromatic N) is 3. The molecular weight excluding hydrogens is 412 g/mol. The summed E-state index contributed by atoms with van der Waals surface area (Å²) in [5, 5.41) is 2.98. The van der Waals surface area contributed by atoms with Crippen LogP contribution in [0, 0.1) is 6.92 Å². The van der Waals surface area contributed by atoms with Gasteiger partial charge in [0, 0.05) is 57.3 Å². The number of carbonyl (C=O) groups excluding carboxylic acids is 1. The lowest BCUT2D eigenvalue weighted by Crippen LogP contribution is -2.45. The van der Waals surface area contributed by atoms with Gasteiger partial charge in [0.05, 0.1) is 5.69 Å². The maximum absolute atomic E-state index is 11.6. The van der Waals surface area contributed by atoms with Gasteiger partial charge in [0.1, 0.15) is 5.76 Å². The van der Waals surface area contributed by atoms with Crippen molar-refractivity contribution in [2.24, 2.45) is 0 Å². The van der Waals surface area contributed by atoms with Crippen molar-refractivity contribution in [1.29, 1.82) is 0 Å². The lowest BCUT2D eigenvalue weighted by molar-refractivity contribution is -0.120. The van der Waals surface area contributed by atoms with Crippen molar-refractivity contribution in [2.45, 2.75) is 38.8 Å². The Morgan fingerprint density at radius 2 is 1.64 bits per heavy atom. The van der Waals surface area contributed by atoms with E-state index in [1.807, 2.05) is 13.0 Å². The van der Waals surface area contributed by atoms with Crippen LogP contribution in [0.5, 0.6) is 0 Å². The lowest BCUT2D eigenvalue weighted by atomic mass is 10.0. The molecule has 6 heteroatoms. The van der Waals surface area contributed by atoms with Crippen molar-refractivity contribution in [3.8, 4) is 22.6 Å². The quantitative estimate of drug-likeness (QED) is 0.642. The van der Waals surface area contributed by atoms with Gasteiger partial charge in [-0.05, 0) is 43.0 Å². The highest BCUT2D eigenvalue weighted by atomic mass is 16.4. The summed E-state index contributed by atoms with van der Waals surface area (Å²) in [6.07, 6.45) is 2.89. The average Bonchev–Trinajstić information content (AvgIpc) is 3.07. The Balaban J connectivity index is 1.19. The molecule has 0 aliphatic carbocycles. The molecule has 2 fully saturated rings. The number of carbonyl (C=O) groups is 1. The lowest BCUT2D eigenvalue weighted by Gasteiger charge is -2.37.